The third-order valence-electron chi connectivity index (χ3n) is 4.52. The summed E-state index contributed by atoms with van der Waals surface area (Å²) in [5.41, 5.74) is 1.02. The van der Waals surface area contributed by atoms with Gasteiger partial charge in [0.2, 0.25) is 0 Å². The van der Waals surface area contributed by atoms with E-state index in [4.69, 9.17) is 9.47 Å². The zero-order chi connectivity index (χ0) is 21.0. The Bertz CT molecular complexity index is 944. The highest BCUT2D eigenvalue weighted by molar-refractivity contribution is 5.93. The molecule has 0 bridgehead atoms. The average Bonchev–Trinajstić information content (AvgIpc) is 2.71. The summed E-state index contributed by atoms with van der Waals surface area (Å²) < 4.78 is 10.6. The van der Waals surface area contributed by atoms with E-state index in [9.17, 15) is 19.7 Å². The van der Waals surface area contributed by atoms with Gasteiger partial charge >= 0.3 is 5.97 Å². The van der Waals surface area contributed by atoms with Gasteiger partial charge in [-0.1, -0.05) is 18.2 Å². The van der Waals surface area contributed by atoms with Gasteiger partial charge < -0.3 is 19.7 Å². The molecule has 0 saturated heterocycles. The topological polar surface area (TPSA) is 111 Å². The number of amides is 1. The predicted molar refractivity (Wildman–Crippen MR) is 105 cm³/mol. The van der Waals surface area contributed by atoms with Crippen LogP contribution in [0.1, 0.15) is 28.4 Å². The summed E-state index contributed by atoms with van der Waals surface area (Å²) >= 11 is 0. The van der Waals surface area contributed by atoms with Crippen molar-refractivity contribution in [2.45, 2.75) is 12.5 Å². The van der Waals surface area contributed by atoms with E-state index < -0.39 is 23.4 Å². The molecule has 9 nitrogen and oxygen atoms in total. The number of fused-ring (bicyclic) bond motifs is 1. The molecule has 0 fully saturated rings. The second-order valence-electron chi connectivity index (χ2n) is 6.73. The second kappa shape index (κ2) is 8.59. The van der Waals surface area contributed by atoms with E-state index in [0.29, 0.717) is 24.5 Å². The van der Waals surface area contributed by atoms with Gasteiger partial charge in [0.25, 0.3) is 11.6 Å². The number of hydrogen-bond donors (Lipinski definition) is 1. The fraction of sp³-hybridized carbons (Fsp3) is 0.300. The number of nitrogens with one attached hydrogen (secondary N) is 1. The van der Waals surface area contributed by atoms with Crippen LogP contribution in [-0.4, -0.2) is 44.1 Å². The van der Waals surface area contributed by atoms with Gasteiger partial charge in [0.1, 0.15) is 11.4 Å². The molecule has 2 aromatic rings. The summed E-state index contributed by atoms with van der Waals surface area (Å²) in [7, 11) is 3.33. The largest absolute Gasteiger partial charge is 0.493 e. The molecule has 1 N–H and O–H groups in total. The molecule has 152 valence electrons. The van der Waals surface area contributed by atoms with Crippen molar-refractivity contribution in [3.05, 3.63) is 63.7 Å². The van der Waals surface area contributed by atoms with E-state index in [2.05, 4.69) is 5.32 Å². The standard InChI is InChI=1S/C20H21N3O6/c1-22(2)16-8-7-13(11-17(16)23(26)27)20(25)29-12-19(24)21-15-9-10-28-18-6-4-3-5-14(15)18/h3-8,11,15H,9-10,12H2,1-2H3,(H,21,24). The van der Waals surface area contributed by atoms with Crippen molar-refractivity contribution < 1.29 is 24.0 Å². The van der Waals surface area contributed by atoms with Crippen molar-refractivity contribution in [1.29, 1.82) is 0 Å². The van der Waals surface area contributed by atoms with Gasteiger partial charge in [-0.25, -0.2) is 4.79 Å². The number of ether oxygens (including phenoxy) is 2. The summed E-state index contributed by atoms with van der Waals surface area (Å²) in [5.74, 6) is -0.547. The molecule has 0 aliphatic carbocycles. The Morgan fingerprint density at radius 1 is 1.28 bits per heavy atom. The second-order valence-corrected chi connectivity index (χ2v) is 6.73. The van der Waals surface area contributed by atoms with Crippen molar-refractivity contribution in [2.24, 2.45) is 0 Å². The smallest absolute Gasteiger partial charge is 0.338 e. The number of para-hydroxylation sites is 1. The van der Waals surface area contributed by atoms with Gasteiger partial charge in [0, 0.05) is 32.1 Å². The van der Waals surface area contributed by atoms with Crippen molar-refractivity contribution in [3.63, 3.8) is 0 Å². The molecule has 0 aromatic heterocycles. The lowest BCUT2D eigenvalue weighted by Crippen LogP contribution is -2.35. The molecular formula is C20H21N3O6. The lowest BCUT2D eigenvalue weighted by atomic mass is 10.0. The fourth-order valence-electron chi connectivity index (χ4n) is 3.12. The molecule has 1 unspecified atom stereocenters. The number of rotatable bonds is 6. The first kappa shape index (κ1) is 20.1. The molecule has 1 amide bonds. The Labute approximate surface area is 167 Å². The number of carbonyl (C=O) groups excluding carboxylic acids is 2. The van der Waals surface area contributed by atoms with Gasteiger partial charge in [-0.2, -0.15) is 0 Å². The normalized spacial score (nSPS) is 14.9. The maximum atomic E-state index is 12.2. The molecule has 0 spiro atoms. The highest BCUT2D eigenvalue weighted by atomic mass is 16.6. The molecule has 0 radical (unpaired) electrons. The number of carbonyl (C=O) groups is 2. The minimum absolute atomic E-state index is 0.00603. The Morgan fingerprint density at radius 2 is 2.03 bits per heavy atom. The first-order valence-corrected chi connectivity index (χ1v) is 9.01. The number of hydrogen-bond acceptors (Lipinski definition) is 7. The Morgan fingerprint density at radius 3 is 2.76 bits per heavy atom. The van der Waals surface area contributed by atoms with Gasteiger partial charge in [-0.15, -0.1) is 0 Å². The van der Waals surface area contributed by atoms with Crippen molar-refractivity contribution in [3.8, 4) is 5.75 Å². The third-order valence-corrected chi connectivity index (χ3v) is 4.52. The monoisotopic (exact) mass is 399 g/mol. The number of nitro groups is 1. The van der Waals surface area contributed by atoms with Crippen molar-refractivity contribution in [1.82, 2.24) is 5.32 Å². The zero-order valence-electron chi connectivity index (χ0n) is 16.1. The maximum Gasteiger partial charge on any atom is 0.338 e. The van der Waals surface area contributed by atoms with Crippen LogP contribution in [0.25, 0.3) is 0 Å². The highest BCUT2D eigenvalue weighted by Gasteiger charge is 2.24. The fourth-order valence-corrected chi connectivity index (χ4v) is 3.12. The average molecular weight is 399 g/mol. The van der Waals surface area contributed by atoms with E-state index in [1.54, 1.807) is 19.0 Å². The van der Waals surface area contributed by atoms with Crippen LogP contribution >= 0.6 is 0 Å². The van der Waals surface area contributed by atoms with Crippen LogP contribution in [0.15, 0.2) is 42.5 Å². The van der Waals surface area contributed by atoms with Crippen molar-refractivity contribution >= 4 is 23.3 Å². The van der Waals surface area contributed by atoms with E-state index in [0.717, 1.165) is 11.6 Å². The SMILES string of the molecule is CN(C)c1ccc(C(=O)OCC(=O)NC2CCOc3ccccc32)cc1[N+](=O)[O-]. The summed E-state index contributed by atoms with van der Waals surface area (Å²) in [5, 5.41) is 14.1. The Balaban J connectivity index is 1.62. The summed E-state index contributed by atoms with van der Waals surface area (Å²) in [4.78, 5) is 36.7. The Hall–Kier alpha value is -3.62. The quantitative estimate of drug-likeness (QED) is 0.451. The van der Waals surface area contributed by atoms with E-state index in [1.807, 2.05) is 24.3 Å². The lowest BCUT2D eigenvalue weighted by Gasteiger charge is -2.26. The molecule has 1 atom stereocenters. The minimum atomic E-state index is -0.805. The van der Waals surface area contributed by atoms with Crippen LogP contribution < -0.4 is 15.0 Å². The first-order chi connectivity index (χ1) is 13.9. The number of nitrogens with zero attached hydrogens (tertiary/aromatic N) is 2. The maximum absolute atomic E-state index is 12.2. The number of nitro benzene ring substituents is 1. The van der Waals surface area contributed by atoms with Gasteiger partial charge in [0.05, 0.1) is 23.1 Å². The summed E-state index contributed by atoms with van der Waals surface area (Å²) in [6.07, 6.45) is 0.606. The minimum Gasteiger partial charge on any atom is -0.493 e. The molecule has 1 heterocycles. The molecule has 1 aliphatic heterocycles. The summed E-state index contributed by atoms with van der Waals surface area (Å²) in [6, 6.07) is 11.2. The highest BCUT2D eigenvalue weighted by Crippen LogP contribution is 2.31. The zero-order valence-corrected chi connectivity index (χ0v) is 16.1. The van der Waals surface area contributed by atoms with E-state index >= 15 is 0 Å². The number of esters is 1. The number of anilines is 1. The third kappa shape index (κ3) is 4.63. The lowest BCUT2D eigenvalue weighted by molar-refractivity contribution is -0.384. The van der Waals surface area contributed by atoms with Crippen LogP contribution in [0, 0.1) is 10.1 Å². The molecular weight excluding hydrogens is 378 g/mol. The van der Waals surface area contributed by atoms with Crippen LogP contribution in [0.5, 0.6) is 5.75 Å². The molecule has 0 saturated carbocycles. The van der Waals surface area contributed by atoms with Crippen LogP contribution in [0.4, 0.5) is 11.4 Å². The number of benzene rings is 2. The van der Waals surface area contributed by atoms with Gasteiger partial charge in [0.15, 0.2) is 6.61 Å². The Kier molecular flexibility index (Phi) is 5.96. The molecule has 29 heavy (non-hydrogen) atoms. The van der Waals surface area contributed by atoms with E-state index in [1.165, 1.54) is 12.1 Å². The molecule has 9 heteroatoms. The van der Waals surface area contributed by atoms with Gasteiger partial charge in [-0.3, -0.25) is 14.9 Å². The molecule has 1 aliphatic rings. The molecule has 3 rings (SSSR count). The molecule has 2 aromatic carbocycles. The van der Waals surface area contributed by atoms with Gasteiger partial charge in [-0.05, 0) is 18.2 Å². The van der Waals surface area contributed by atoms with E-state index in [-0.39, 0.29) is 17.3 Å². The van der Waals surface area contributed by atoms with Crippen LogP contribution in [0.3, 0.4) is 0 Å². The summed E-state index contributed by atoms with van der Waals surface area (Å²) in [6.45, 7) is -0.00870. The van der Waals surface area contributed by atoms with Crippen molar-refractivity contribution in [2.75, 3.05) is 32.2 Å². The predicted octanol–water partition coefficient (Wildman–Crippen LogP) is 2.46. The first-order valence-electron chi connectivity index (χ1n) is 9.01. The van der Waals surface area contributed by atoms with Crippen LogP contribution in [0.2, 0.25) is 0 Å². The van der Waals surface area contributed by atoms with Crippen LogP contribution in [-0.2, 0) is 9.53 Å².